The Morgan fingerprint density at radius 2 is 1.77 bits per heavy atom. The number of benzene rings is 2. The summed E-state index contributed by atoms with van der Waals surface area (Å²) in [6, 6.07) is 15.4. The molecule has 0 unspecified atom stereocenters. The van der Waals surface area contributed by atoms with Crippen LogP contribution in [0.25, 0.3) is 11.4 Å². The first-order valence-electron chi connectivity index (χ1n) is 8.92. The Bertz CT molecular complexity index is 1180. The standard InChI is InChI=1S/C21H15Cl2N5O2/c22-16-6-5-15(12-17(16)23)25-21(29)26-18-4-2-1-3-14(18)11-19-27-20(28-30-19)13-7-9-24-10-8-13/h1-10,12H,11H2,(H2,25,26,29). The summed E-state index contributed by atoms with van der Waals surface area (Å²) >= 11 is 11.9. The van der Waals surface area contributed by atoms with Crippen molar-refractivity contribution < 1.29 is 9.32 Å². The summed E-state index contributed by atoms with van der Waals surface area (Å²) in [5.74, 6) is 0.913. The van der Waals surface area contributed by atoms with Crippen LogP contribution in [0.4, 0.5) is 16.2 Å². The maximum absolute atomic E-state index is 12.4. The fraction of sp³-hybridized carbons (Fsp3) is 0.0476. The number of carbonyl (C=O) groups excluding carboxylic acids is 1. The Kier molecular flexibility index (Phi) is 5.92. The number of pyridine rings is 1. The Morgan fingerprint density at radius 1 is 0.967 bits per heavy atom. The summed E-state index contributed by atoms with van der Waals surface area (Å²) < 4.78 is 5.37. The van der Waals surface area contributed by atoms with Crippen molar-refractivity contribution >= 4 is 40.6 Å². The van der Waals surface area contributed by atoms with Crippen molar-refractivity contribution in [1.82, 2.24) is 15.1 Å². The number of hydrogen-bond donors (Lipinski definition) is 2. The number of nitrogens with zero attached hydrogens (tertiary/aromatic N) is 3. The number of rotatable bonds is 5. The zero-order chi connectivity index (χ0) is 20.9. The van der Waals surface area contributed by atoms with Crippen molar-refractivity contribution in [2.45, 2.75) is 6.42 Å². The van der Waals surface area contributed by atoms with Crippen LogP contribution >= 0.6 is 23.2 Å². The first-order valence-corrected chi connectivity index (χ1v) is 9.68. The highest BCUT2D eigenvalue weighted by atomic mass is 35.5. The molecule has 30 heavy (non-hydrogen) atoms. The van der Waals surface area contributed by atoms with Crippen LogP contribution in [0.1, 0.15) is 11.5 Å². The highest BCUT2D eigenvalue weighted by Crippen LogP contribution is 2.25. The molecule has 2 aromatic carbocycles. The molecule has 2 aromatic heterocycles. The molecule has 4 aromatic rings. The number of hydrogen-bond acceptors (Lipinski definition) is 5. The summed E-state index contributed by atoms with van der Waals surface area (Å²) in [7, 11) is 0. The monoisotopic (exact) mass is 439 g/mol. The second-order valence-corrected chi connectivity index (χ2v) is 7.10. The third kappa shape index (κ3) is 4.76. The lowest BCUT2D eigenvalue weighted by Crippen LogP contribution is -2.20. The third-order valence-corrected chi connectivity index (χ3v) is 4.93. The highest BCUT2D eigenvalue weighted by Gasteiger charge is 2.13. The van der Waals surface area contributed by atoms with Crippen LogP contribution < -0.4 is 10.6 Å². The molecule has 2 N–H and O–H groups in total. The lowest BCUT2D eigenvalue weighted by Gasteiger charge is -2.11. The van der Waals surface area contributed by atoms with Crippen LogP contribution in [0.3, 0.4) is 0 Å². The molecule has 9 heteroatoms. The predicted molar refractivity (Wildman–Crippen MR) is 116 cm³/mol. The molecule has 7 nitrogen and oxygen atoms in total. The average Bonchev–Trinajstić information content (AvgIpc) is 3.21. The van der Waals surface area contributed by atoms with E-state index in [0.717, 1.165) is 11.1 Å². The molecule has 150 valence electrons. The van der Waals surface area contributed by atoms with Crippen LogP contribution in [0, 0.1) is 0 Å². The van der Waals surface area contributed by atoms with Gasteiger partial charge in [-0.1, -0.05) is 46.6 Å². The number of amides is 2. The quantitative estimate of drug-likeness (QED) is 0.417. The zero-order valence-electron chi connectivity index (χ0n) is 15.5. The van der Waals surface area contributed by atoms with Gasteiger partial charge >= 0.3 is 6.03 Å². The summed E-state index contributed by atoms with van der Waals surface area (Å²) in [5.41, 5.74) is 2.79. The summed E-state index contributed by atoms with van der Waals surface area (Å²) in [6.07, 6.45) is 3.69. The minimum atomic E-state index is -0.413. The van der Waals surface area contributed by atoms with Gasteiger partial charge in [-0.2, -0.15) is 4.98 Å². The topological polar surface area (TPSA) is 92.9 Å². The van der Waals surface area contributed by atoms with Gasteiger partial charge in [-0.3, -0.25) is 4.98 Å². The van der Waals surface area contributed by atoms with E-state index >= 15 is 0 Å². The summed E-state index contributed by atoms with van der Waals surface area (Å²) in [6.45, 7) is 0. The molecule has 0 atom stereocenters. The SMILES string of the molecule is O=C(Nc1ccc(Cl)c(Cl)c1)Nc1ccccc1Cc1nc(-c2ccncc2)no1. The molecule has 0 saturated carbocycles. The van der Waals surface area contributed by atoms with Crippen molar-refractivity contribution in [2.75, 3.05) is 10.6 Å². The third-order valence-electron chi connectivity index (χ3n) is 4.19. The number of nitrogens with one attached hydrogen (secondary N) is 2. The summed E-state index contributed by atoms with van der Waals surface area (Å²) in [4.78, 5) is 20.8. The van der Waals surface area contributed by atoms with Crippen molar-refractivity contribution in [2.24, 2.45) is 0 Å². The Morgan fingerprint density at radius 3 is 2.57 bits per heavy atom. The van der Waals surface area contributed by atoms with E-state index in [1.54, 1.807) is 48.8 Å². The van der Waals surface area contributed by atoms with Crippen LogP contribution in [0.5, 0.6) is 0 Å². The van der Waals surface area contributed by atoms with Gasteiger partial charge in [-0.25, -0.2) is 4.79 Å². The van der Waals surface area contributed by atoms with Crippen LogP contribution in [0.2, 0.25) is 10.0 Å². The number of urea groups is 1. The van der Waals surface area contributed by atoms with E-state index in [0.29, 0.717) is 39.6 Å². The summed E-state index contributed by atoms with van der Waals surface area (Å²) in [5, 5.41) is 10.3. The van der Waals surface area contributed by atoms with Gasteiger partial charge in [0.1, 0.15) is 0 Å². The highest BCUT2D eigenvalue weighted by molar-refractivity contribution is 6.42. The molecule has 0 bridgehead atoms. The van der Waals surface area contributed by atoms with Gasteiger partial charge in [0, 0.05) is 29.3 Å². The van der Waals surface area contributed by atoms with Gasteiger partial charge in [0.25, 0.3) is 0 Å². The molecular weight excluding hydrogens is 425 g/mol. The van der Waals surface area contributed by atoms with Crippen LogP contribution in [0.15, 0.2) is 71.5 Å². The van der Waals surface area contributed by atoms with Gasteiger partial charge in [-0.05, 0) is 42.0 Å². The molecule has 0 fully saturated rings. The zero-order valence-corrected chi connectivity index (χ0v) is 17.0. The fourth-order valence-corrected chi connectivity index (χ4v) is 3.06. The number of anilines is 2. The van der Waals surface area contributed by atoms with Gasteiger partial charge in [0.15, 0.2) is 0 Å². The molecule has 0 aliphatic heterocycles. The lowest BCUT2D eigenvalue weighted by atomic mass is 10.1. The predicted octanol–water partition coefficient (Wildman–Crippen LogP) is 5.67. The second-order valence-electron chi connectivity index (χ2n) is 6.29. The normalized spacial score (nSPS) is 10.6. The Balaban J connectivity index is 1.47. The van der Waals surface area contributed by atoms with Gasteiger partial charge in [0.05, 0.1) is 16.5 Å². The maximum Gasteiger partial charge on any atom is 0.323 e. The van der Waals surface area contributed by atoms with Crippen molar-refractivity contribution in [3.63, 3.8) is 0 Å². The molecule has 0 saturated heterocycles. The first-order chi connectivity index (χ1) is 14.6. The van der Waals surface area contributed by atoms with Crippen LogP contribution in [-0.2, 0) is 6.42 Å². The van der Waals surface area contributed by atoms with Crippen molar-refractivity contribution in [1.29, 1.82) is 0 Å². The first kappa shape index (κ1) is 19.9. The number of halogens is 2. The lowest BCUT2D eigenvalue weighted by molar-refractivity contribution is 0.262. The van der Waals surface area contributed by atoms with Gasteiger partial charge < -0.3 is 15.2 Å². The molecular formula is C21H15Cl2N5O2. The molecule has 0 aliphatic carbocycles. The van der Waals surface area contributed by atoms with E-state index in [2.05, 4.69) is 25.8 Å². The molecule has 2 amide bonds. The van der Waals surface area contributed by atoms with E-state index < -0.39 is 6.03 Å². The largest absolute Gasteiger partial charge is 0.339 e. The van der Waals surface area contributed by atoms with Gasteiger partial charge in [0.2, 0.25) is 11.7 Å². The second kappa shape index (κ2) is 8.94. The molecule has 2 heterocycles. The van der Waals surface area contributed by atoms with E-state index in [1.165, 1.54) is 0 Å². The fourth-order valence-electron chi connectivity index (χ4n) is 2.76. The smallest absolute Gasteiger partial charge is 0.323 e. The van der Waals surface area contributed by atoms with Crippen molar-refractivity contribution in [3.8, 4) is 11.4 Å². The molecule has 0 spiro atoms. The van der Waals surface area contributed by atoms with Crippen LogP contribution in [-0.4, -0.2) is 21.2 Å². The van der Waals surface area contributed by atoms with E-state index in [1.807, 2.05) is 18.2 Å². The van der Waals surface area contributed by atoms with E-state index in [9.17, 15) is 4.79 Å². The van der Waals surface area contributed by atoms with E-state index in [-0.39, 0.29) is 0 Å². The average molecular weight is 440 g/mol. The van der Waals surface area contributed by atoms with E-state index in [4.69, 9.17) is 27.7 Å². The molecule has 0 aliphatic rings. The minimum Gasteiger partial charge on any atom is -0.339 e. The number of aromatic nitrogens is 3. The maximum atomic E-state index is 12.4. The van der Waals surface area contributed by atoms with Crippen molar-refractivity contribution in [3.05, 3.63) is 88.5 Å². The minimum absolute atomic E-state index is 0.358. The number of para-hydroxylation sites is 1. The molecule has 4 rings (SSSR count). The Hall–Kier alpha value is -3.42. The Labute approximate surface area is 182 Å². The van der Waals surface area contributed by atoms with Gasteiger partial charge in [-0.15, -0.1) is 0 Å². The number of carbonyl (C=O) groups is 1. The molecule has 0 radical (unpaired) electrons.